The van der Waals surface area contributed by atoms with Gasteiger partial charge in [0, 0.05) is 11.4 Å². The molecule has 0 aliphatic carbocycles. The van der Waals surface area contributed by atoms with Crippen LogP contribution in [0.1, 0.15) is 36.1 Å². The average molecular weight is 299 g/mol. The van der Waals surface area contributed by atoms with Gasteiger partial charge in [-0.25, -0.2) is 0 Å². The Kier molecular flexibility index (Phi) is 4.86. The van der Waals surface area contributed by atoms with Crippen LogP contribution in [-0.4, -0.2) is 19.8 Å². The SMILES string of the molecule is COc1ccc(C(Br)CCC2CCCO2)cc1. The van der Waals surface area contributed by atoms with Crippen LogP contribution in [0.2, 0.25) is 0 Å². The number of ether oxygens (including phenoxy) is 2. The molecule has 3 heteroatoms. The lowest BCUT2D eigenvalue weighted by Gasteiger charge is -2.14. The Labute approximate surface area is 111 Å². The summed E-state index contributed by atoms with van der Waals surface area (Å²) in [6, 6.07) is 8.26. The molecule has 1 saturated heterocycles. The van der Waals surface area contributed by atoms with Crippen LogP contribution in [-0.2, 0) is 4.74 Å². The molecule has 1 aromatic carbocycles. The van der Waals surface area contributed by atoms with Crippen LogP contribution in [0.5, 0.6) is 5.75 Å². The number of methoxy groups -OCH3 is 1. The second-order valence-electron chi connectivity index (χ2n) is 4.45. The van der Waals surface area contributed by atoms with Crippen LogP contribution in [0.15, 0.2) is 24.3 Å². The molecule has 0 spiro atoms. The van der Waals surface area contributed by atoms with Crippen LogP contribution in [0.25, 0.3) is 0 Å². The van der Waals surface area contributed by atoms with Crippen LogP contribution in [0.3, 0.4) is 0 Å². The molecule has 1 heterocycles. The van der Waals surface area contributed by atoms with Crippen molar-refractivity contribution in [2.24, 2.45) is 0 Å². The van der Waals surface area contributed by atoms with E-state index >= 15 is 0 Å². The molecule has 1 aliphatic heterocycles. The van der Waals surface area contributed by atoms with Crippen LogP contribution in [0.4, 0.5) is 0 Å². The monoisotopic (exact) mass is 298 g/mol. The second kappa shape index (κ2) is 6.41. The zero-order chi connectivity index (χ0) is 12.1. The molecule has 2 nitrogen and oxygen atoms in total. The van der Waals surface area contributed by atoms with Gasteiger partial charge >= 0.3 is 0 Å². The van der Waals surface area contributed by atoms with Crippen molar-refractivity contribution in [3.63, 3.8) is 0 Å². The van der Waals surface area contributed by atoms with E-state index in [1.807, 2.05) is 12.1 Å². The summed E-state index contributed by atoms with van der Waals surface area (Å²) < 4.78 is 10.8. The minimum atomic E-state index is 0.414. The Morgan fingerprint density at radius 2 is 2.18 bits per heavy atom. The van der Waals surface area contributed by atoms with Crippen molar-refractivity contribution in [3.05, 3.63) is 29.8 Å². The Hall–Kier alpha value is -0.540. The van der Waals surface area contributed by atoms with Gasteiger partial charge in [0.2, 0.25) is 0 Å². The van der Waals surface area contributed by atoms with Gasteiger partial charge in [0.15, 0.2) is 0 Å². The summed E-state index contributed by atoms with van der Waals surface area (Å²) in [5.41, 5.74) is 1.31. The van der Waals surface area contributed by atoms with E-state index in [0.717, 1.165) is 25.2 Å². The second-order valence-corrected chi connectivity index (χ2v) is 5.56. The number of alkyl halides is 1. The molecule has 2 rings (SSSR count). The summed E-state index contributed by atoms with van der Waals surface area (Å²) >= 11 is 3.74. The van der Waals surface area contributed by atoms with Crippen molar-refractivity contribution < 1.29 is 9.47 Å². The van der Waals surface area contributed by atoms with Crippen LogP contribution in [0, 0.1) is 0 Å². The standard InChI is InChI=1S/C14H19BrO2/c1-16-12-6-4-11(5-7-12)14(15)9-8-13-3-2-10-17-13/h4-7,13-14H,2-3,8-10H2,1H3. The number of benzene rings is 1. The van der Waals surface area contributed by atoms with Gasteiger partial charge in [-0.1, -0.05) is 28.1 Å². The fraction of sp³-hybridized carbons (Fsp3) is 0.571. The number of hydrogen-bond acceptors (Lipinski definition) is 2. The first kappa shape index (κ1) is 12.9. The number of rotatable bonds is 5. The molecule has 17 heavy (non-hydrogen) atoms. The summed E-state index contributed by atoms with van der Waals surface area (Å²) in [6.07, 6.45) is 5.19. The van der Waals surface area contributed by atoms with Gasteiger partial charge < -0.3 is 9.47 Å². The summed E-state index contributed by atoms with van der Waals surface area (Å²) in [5, 5.41) is 0. The van der Waals surface area contributed by atoms with Crippen molar-refractivity contribution in [2.75, 3.05) is 13.7 Å². The number of hydrogen-bond donors (Lipinski definition) is 0. The Morgan fingerprint density at radius 1 is 1.41 bits per heavy atom. The first-order chi connectivity index (χ1) is 8.29. The fourth-order valence-electron chi connectivity index (χ4n) is 2.18. The highest BCUT2D eigenvalue weighted by Gasteiger charge is 2.17. The first-order valence-electron chi connectivity index (χ1n) is 6.19. The van der Waals surface area contributed by atoms with Crippen molar-refractivity contribution in [2.45, 2.75) is 36.6 Å². The van der Waals surface area contributed by atoms with Gasteiger partial charge in [-0.05, 0) is 43.4 Å². The third-order valence-electron chi connectivity index (χ3n) is 3.24. The maximum absolute atomic E-state index is 5.63. The van der Waals surface area contributed by atoms with E-state index in [9.17, 15) is 0 Å². The van der Waals surface area contributed by atoms with E-state index in [1.54, 1.807) is 7.11 Å². The largest absolute Gasteiger partial charge is 0.497 e. The van der Waals surface area contributed by atoms with E-state index in [2.05, 4.69) is 28.1 Å². The van der Waals surface area contributed by atoms with Crippen LogP contribution < -0.4 is 4.74 Å². The smallest absolute Gasteiger partial charge is 0.118 e. The molecular weight excluding hydrogens is 280 g/mol. The van der Waals surface area contributed by atoms with Crippen LogP contribution >= 0.6 is 15.9 Å². The van der Waals surface area contributed by atoms with Gasteiger partial charge in [-0.2, -0.15) is 0 Å². The topological polar surface area (TPSA) is 18.5 Å². The molecule has 94 valence electrons. The first-order valence-corrected chi connectivity index (χ1v) is 7.11. The summed E-state index contributed by atoms with van der Waals surface area (Å²) in [7, 11) is 1.69. The summed E-state index contributed by atoms with van der Waals surface area (Å²) in [5.74, 6) is 0.910. The van der Waals surface area contributed by atoms with Gasteiger partial charge in [-0.15, -0.1) is 0 Å². The molecule has 1 aliphatic rings. The Bertz CT molecular complexity index is 331. The lowest BCUT2D eigenvalue weighted by Crippen LogP contribution is -2.05. The molecule has 0 saturated carbocycles. The van der Waals surface area contributed by atoms with Gasteiger partial charge in [0.1, 0.15) is 5.75 Å². The average Bonchev–Trinajstić information content (AvgIpc) is 2.89. The Balaban J connectivity index is 1.83. The third-order valence-corrected chi connectivity index (χ3v) is 4.23. The zero-order valence-electron chi connectivity index (χ0n) is 10.2. The molecule has 0 amide bonds. The highest BCUT2D eigenvalue weighted by Crippen LogP contribution is 2.31. The van der Waals surface area contributed by atoms with Crippen molar-refractivity contribution in [1.29, 1.82) is 0 Å². The van der Waals surface area contributed by atoms with E-state index in [1.165, 1.54) is 18.4 Å². The van der Waals surface area contributed by atoms with Crippen molar-refractivity contribution in [1.82, 2.24) is 0 Å². The van der Waals surface area contributed by atoms with Crippen molar-refractivity contribution in [3.8, 4) is 5.75 Å². The van der Waals surface area contributed by atoms with Gasteiger partial charge in [0.25, 0.3) is 0 Å². The summed E-state index contributed by atoms with van der Waals surface area (Å²) in [4.78, 5) is 0.414. The molecule has 1 fully saturated rings. The molecule has 1 aromatic rings. The molecule has 0 aromatic heterocycles. The molecule has 0 bridgehead atoms. The molecule has 2 atom stereocenters. The molecule has 2 unspecified atom stereocenters. The Morgan fingerprint density at radius 3 is 2.76 bits per heavy atom. The zero-order valence-corrected chi connectivity index (χ0v) is 11.8. The van der Waals surface area contributed by atoms with Gasteiger partial charge in [0.05, 0.1) is 13.2 Å². The quantitative estimate of drug-likeness (QED) is 0.762. The maximum atomic E-state index is 5.63. The molecular formula is C14H19BrO2. The normalized spacial score (nSPS) is 21.4. The van der Waals surface area contributed by atoms with E-state index < -0.39 is 0 Å². The highest BCUT2D eigenvalue weighted by molar-refractivity contribution is 9.09. The maximum Gasteiger partial charge on any atom is 0.118 e. The van der Waals surface area contributed by atoms with E-state index in [-0.39, 0.29) is 0 Å². The lowest BCUT2D eigenvalue weighted by molar-refractivity contribution is 0.102. The molecule has 0 N–H and O–H groups in total. The predicted molar refractivity (Wildman–Crippen MR) is 72.9 cm³/mol. The van der Waals surface area contributed by atoms with E-state index in [4.69, 9.17) is 9.47 Å². The molecule has 0 radical (unpaired) electrons. The summed E-state index contributed by atoms with van der Waals surface area (Å²) in [6.45, 7) is 0.945. The third kappa shape index (κ3) is 3.71. The fourth-order valence-corrected chi connectivity index (χ4v) is 2.75. The minimum Gasteiger partial charge on any atom is -0.497 e. The predicted octanol–water partition coefficient (Wildman–Crippen LogP) is 4.09. The van der Waals surface area contributed by atoms with E-state index in [0.29, 0.717) is 10.9 Å². The lowest BCUT2D eigenvalue weighted by atomic mass is 10.0. The van der Waals surface area contributed by atoms with Crippen molar-refractivity contribution >= 4 is 15.9 Å². The number of halogens is 1. The highest BCUT2D eigenvalue weighted by atomic mass is 79.9. The minimum absolute atomic E-state index is 0.414. The van der Waals surface area contributed by atoms with Gasteiger partial charge in [-0.3, -0.25) is 0 Å².